The van der Waals surface area contributed by atoms with E-state index >= 15 is 0 Å². The highest BCUT2D eigenvalue weighted by Gasteiger charge is 2.14. The summed E-state index contributed by atoms with van der Waals surface area (Å²) in [6.45, 7) is 4.45. The molecule has 0 saturated carbocycles. The van der Waals surface area contributed by atoms with Gasteiger partial charge in [-0.15, -0.1) is 0 Å². The van der Waals surface area contributed by atoms with Gasteiger partial charge in [-0.1, -0.05) is 82.4 Å². The van der Waals surface area contributed by atoms with E-state index < -0.39 is 10.1 Å². The van der Waals surface area contributed by atoms with Crippen molar-refractivity contribution in [3.63, 3.8) is 0 Å². The second kappa shape index (κ2) is 16.1. The normalized spacial score (nSPS) is 11.3. The van der Waals surface area contributed by atoms with Gasteiger partial charge in [-0.05, 0) is 46.6 Å². The van der Waals surface area contributed by atoms with Gasteiger partial charge in [0.05, 0.1) is 11.5 Å². The molecule has 1 aromatic carbocycles. The van der Waals surface area contributed by atoms with Crippen LogP contribution in [0.25, 0.3) is 0 Å². The lowest BCUT2D eigenvalue weighted by Gasteiger charge is -2.06. The van der Waals surface area contributed by atoms with Crippen LogP contribution in [0.5, 0.6) is 0 Å². The average molecular weight is 400 g/mol. The molecule has 4 nitrogen and oxygen atoms in total. The first kappa shape index (κ1) is 26.1. The molecule has 1 rings (SSSR count). The Morgan fingerprint density at radius 1 is 0.778 bits per heavy atom. The fraction of sp³-hybridized carbons (Fsp3) is 0.727. The van der Waals surface area contributed by atoms with E-state index in [-0.39, 0.29) is 11.5 Å². The number of rotatable bonds is 13. The molecule has 0 atom stereocenters. The van der Waals surface area contributed by atoms with E-state index in [1.165, 1.54) is 51.4 Å². The maximum absolute atomic E-state index is 12.0. The topological polar surface area (TPSA) is 46.6 Å². The Morgan fingerprint density at radius 2 is 1.19 bits per heavy atom. The number of benzene rings is 1. The first-order chi connectivity index (χ1) is 12.8. The van der Waals surface area contributed by atoms with Gasteiger partial charge in [0.25, 0.3) is 10.1 Å². The van der Waals surface area contributed by atoms with Crippen molar-refractivity contribution in [2.75, 3.05) is 27.7 Å². The van der Waals surface area contributed by atoms with Crippen LogP contribution in [-0.2, 0) is 14.3 Å². The molecule has 0 aliphatic carbocycles. The maximum Gasteiger partial charge on any atom is 0.296 e. The summed E-state index contributed by atoms with van der Waals surface area (Å²) in [6.07, 6.45) is 12.3. The van der Waals surface area contributed by atoms with Crippen LogP contribution < -0.4 is 0 Å². The molecule has 0 heterocycles. The van der Waals surface area contributed by atoms with E-state index in [4.69, 9.17) is 4.18 Å². The van der Waals surface area contributed by atoms with Crippen molar-refractivity contribution >= 4 is 10.1 Å². The van der Waals surface area contributed by atoms with Crippen molar-refractivity contribution in [1.82, 2.24) is 4.90 Å². The van der Waals surface area contributed by atoms with Gasteiger partial charge in [0.2, 0.25) is 0 Å². The predicted molar refractivity (Wildman–Crippen MR) is 116 cm³/mol. The van der Waals surface area contributed by atoms with Crippen molar-refractivity contribution in [3.8, 4) is 0 Å². The zero-order valence-electron chi connectivity index (χ0n) is 18.2. The van der Waals surface area contributed by atoms with Gasteiger partial charge < -0.3 is 4.90 Å². The molecule has 0 aliphatic heterocycles. The molecule has 27 heavy (non-hydrogen) atoms. The third kappa shape index (κ3) is 15.8. The summed E-state index contributed by atoms with van der Waals surface area (Å²) >= 11 is 0. The van der Waals surface area contributed by atoms with Gasteiger partial charge >= 0.3 is 0 Å². The maximum atomic E-state index is 12.0. The minimum absolute atomic E-state index is 0.246. The molecule has 5 heteroatoms. The predicted octanol–water partition coefficient (Wildman–Crippen LogP) is 5.80. The van der Waals surface area contributed by atoms with Crippen LogP contribution in [0, 0.1) is 6.92 Å². The third-order valence-corrected chi connectivity index (χ3v) is 5.37. The number of hydrogen-bond acceptors (Lipinski definition) is 4. The zero-order chi connectivity index (χ0) is 20.5. The van der Waals surface area contributed by atoms with Crippen LogP contribution >= 0.6 is 0 Å². The van der Waals surface area contributed by atoms with Gasteiger partial charge in [-0.2, -0.15) is 8.42 Å². The highest BCUT2D eigenvalue weighted by atomic mass is 32.2. The lowest BCUT2D eigenvalue weighted by molar-refractivity contribution is 0.306. The largest absolute Gasteiger partial charge is 0.312 e. The summed E-state index contributed by atoms with van der Waals surface area (Å²) in [5.74, 6) is 0. The quantitative estimate of drug-likeness (QED) is 0.311. The molecule has 0 fully saturated rings. The molecule has 1 aromatic rings. The van der Waals surface area contributed by atoms with Crippen molar-refractivity contribution in [2.45, 2.75) is 83.0 Å². The fourth-order valence-corrected chi connectivity index (χ4v) is 3.47. The van der Waals surface area contributed by atoms with Gasteiger partial charge in [-0.3, -0.25) is 4.18 Å². The Morgan fingerprint density at radius 3 is 1.63 bits per heavy atom. The molecule has 0 unspecified atom stereocenters. The van der Waals surface area contributed by atoms with Gasteiger partial charge in [0.1, 0.15) is 0 Å². The Kier molecular flexibility index (Phi) is 15.5. The van der Waals surface area contributed by atoms with Crippen LogP contribution in [0.3, 0.4) is 0 Å². The van der Waals surface area contributed by atoms with Crippen molar-refractivity contribution in [1.29, 1.82) is 0 Å². The number of unbranched alkanes of at least 4 members (excludes halogenated alkanes) is 9. The van der Waals surface area contributed by atoms with Gasteiger partial charge in [0.15, 0.2) is 0 Å². The zero-order valence-corrected chi connectivity index (χ0v) is 19.0. The van der Waals surface area contributed by atoms with Crippen LogP contribution in [0.4, 0.5) is 0 Å². The molecule has 0 amide bonds. The van der Waals surface area contributed by atoms with E-state index in [9.17, 15) is 8.42 Å². The van der Waals surface area contributed by atoms with Gasteiger partial charge in [-0.25, -0.2) is 0 Å². The monoisotopic (exact) mass is 399 g/mol. The molecule has 0 aliphatic rings. The number of aryl methyl sites for hydroxylation is 1. The lowest BCUT2D eigenvalue weighted by atomic mass is 10.1. The van der Waals surface area contributed by atoms with Crippen LogP contribution in [0.2, 0.25) is 0 Å². The summed E-state index contributed by atoms with van der Waals surface area (Å²) in [7, 11) is 2.41. The minimum Gasteiger partial charge on any atom is -0.312 e. The second-order valence-corrected chi connectivity index (χ2v) is 9.23. The molecule has 158 valence electrons. The summed E-state index contributed by atoms with van der Waals surface area (Å²) in [4.78, 5) is 2.25. The molecular weight excluding hydrogens is 358 g/mol. The summed E-state index contributed by atoms with van der Waals surface area (Å²) in [5.41, 5.74) is 1.04. The van der Waals surface area contributed by atoms with E-state index in [2.05, 4.69) is 6.92 Å². The Labute approximate surface area is 168 Å². The Hall–Kier alpha value is -0.910. The minimum atomic E-state index is -3.59. The lowest BCUT2D eigenvalue weighted by Crippen LogP contribution is -2.07. The molecule has 0 N–H and O–H groups in total. The molecular formula is C22H41NO3S. The molecule has 0 aromatic heterocycles. The van der Waals surface area contributed by atoms with Crippen molar-refractivity contribution in [3.05, 3.63) is 29.8 Å². The number of hydrogen-bond donors (Lipinski definition) is 0. The summed E-state index contributed by atoms with van der Waals surface area (Å²) in [6, 6.07) is 6.78. The molecule has 0 radical (unpaired) electrons. The first-order valence-corrected chi connectivity index (χ1v) is 11.8. The highest BCUT2D eigenvalue weighted by Crippen LogP contribution is 2.15. The third-order valence-electron chi connectivity index (χ3n) is 4.05. The summed E-state index contributed by atoms with van der Waals surface area (Å²) in [5, 5.41) is 0. The van der Waals surface area contributed by atoms with E-state index in [1.807, 2.05) is 33.0 Å². The molecule has 0 spiro atoms. The van der Waals surface area contributed by atoms with Crippen molar-refractivity contribution in [2.24, 2.45) is 0 Å². The number of nitrogens with zero attached hydrogens (tertiary/aromatic N) is 1. The van der Waals surface area contributed by atoms with E-state index in [1.54, 1.807) is 24.3 Å². The van der Waals surface area contributed by atoms with Crippen LogP contribution in [0.1, 0.15) is 76.7 Å². The Balaban J connectivity index is 0.00000153. The Bertz CT molecular complexity index is 551. The van der Waals surface area contributed by atoms with E-state index in [0.717, 1.165) is 18.4 Å². The smallest absolute Gasteiger partial charge is 0.296 e. The summed E-state index contributed by atoms with van der Waals surface area (Å²) < 4.78 is 29.1. The van der Waals surface area contributed by atoms with E-state index in [0.29, 0.717) is 0 Å². The SMILES string of the molecule is CCCCCCCCCCCCOS(=O)(=O)c1ccc(C)cc1.CN(C)C. The second-order valence-electron chi connectivity index (χ2n) is 7.61. The highest BCUT2D eigenvalue weighted by molar-refractivity contribution is 7.86. The molecule has 0 saturated heterocycles. The standard InChI is InChI=1S/C19H32O3S.C3H9N/c1-3-4-5-6-7-8-9-10-11-12-17-22-23(20,21)19-15-13-18(2)14-16-19;1-4(2)3/h13-16H,3-12,17H2,1-2H3;1-3H3. The van der Waals surface area contributed by atoms with Gasteiger partial charge in [0, 0.05) is 0 Å². The first-order valence-electron chi connectivity index (χ1n) is 10.4. The molecule has 0 bridgehead atoms. The fourth-order valence-electron chi connectivity index (χ4n) is 2.53. The van der Waals surface area contributed by atoms with Crippen molar-refractivity contribution < 1.29 is 12.6 Å². The van der Waals surface area contributed by atoms with Crippen LogP contribution in [-0.4, -0.2) is 41.1 Å². The average Bonchev–Trinajstić information content (AvgIpc) is 2.59. The van der Waals surface area contributed by atoms with Crippen LogP contribution in [0.15, 0.2) is 29.2 Å².